The molecule has 2 atom stereocenters. The molecule has 1 aromatic carbocycles. The van der Waals surface area contributed by atoms with Crippen LogP contribution in [0.25, 0.3) is 10.2 Å². The van der Waals surface area contributed by atoms with Gasteiger partial charge in [-0.25, -0.2) is 9.67 Å². The first-order chi connectivity index (χ1) is 12.2. The molecule has 5 rings (SSSR count). The van der Waals surface area contributed by atoms with Crippen molar-refractivity contribution in [1.29, 1.82) is 0 Å². The fourth-order valence-corrected chi connectivity index (χ4v) is 4.53. The van der Waals surface area contributed by atoms with Crippen molar-refractivity contribution >= 4 is 27.5 Å². The van der Waals surface area contributed by atoms with Gasteiger partial charge in [0.25, 0.3) is 5.91 Å². The van der Waals surface area contributed by atoms with Crippen molar-refractivity contribution in [2.75, 3.05) is 13.1 Å². The molecule has 2 aliphatic rings. The topological polar surface area (TPSA) is 73.1 Å². The number of likely N-dealkylation sites (tertiary alicyclic amines) is 1. The number of thiazole rings is 1. The second-order valence-electron chi connectivity index (χ2n) is 6.54. The summed E-state index contributed by atoms with van der Waals surface area (Å²) in [6.45, 7) is 3.81. The number of benzene rings is 1. The molecule has 1 amide bonds. The highest BCUT2D eigenvalue weighted by Gasteiger charge is 2.38. The van der Waals surface area contributed by atoms with E-state index < -0.39 is 0 Å². The summed E-state index contributed by atoms with van der Waals surface area (Å²) in [5.74, 6) is 0.0400. The molecule has 0 N–H and O–H groups in total. The molecular formula is C17H17N5O2S. The van der Waals surface area contributed by atoms with Gasteiger partial charge in [0.2, 0.25) is 0 Å². The van der Waals surface area contributed by atoms with Crippen LogP contribution in [-0.4, -0.2) is 50.0 Å². The number of aromatic nitrogens is 4. The lowest BCUT2D eigenvalue weighted by Crippen LogP contribution is -2.49. The fourth-order valence-electron chi connectivity index (χ4n) is 3.72. The molecule has 2 aliphatic heterocycles. The minimum absolute atomic E-state index is 0.0363. The third-order valence-electron chi connectivity index (χ3n) is 4.96. The number of nitrogens with zero attached hydrogens (tertiary/aromatic N) is 5. The number of hydrogen-bond acceptors (Lipinski definition) is 6. The first kappa shape index (κ1) is 15.0. The minimum atomic E-state index is 0.0363. The molecule has 0 radical (unpaired) electrons. The maximum Gasteiger partial charge on any atom is 0.254 e. The number of carbonyl (C=O) groups excluding carboxylic acids is 1. The molecule has 128 valence electrons. The molecule has 0 bridgehead atoms. The molecule has 0 saturated carbocycles. The maximum atomic E-state index is 13.0. The van der Waals surface area contributed by atoms with Gasteiger partial charge in [0, 0.05) is 18.7 Å². The van der Waals surface area contributed by atoms with Crippen LogP contribution in [0.15, 0.2) is 24.4 Å². The van der Waals surface area contributed by atoms with Crippen molar-refractivity contribution in [2.24, 2.45) is 0 Å². The van der Waals surface area contributed by atoms with E-state index in [4.69, 9.17) is 4.74 Å². The highest BCUT2D eigenvalue weighted by Crippen LogP contribution is 2.31. The number of aryl methyl sites for hydroxylation is 1. The normalized spacial score (nSPS) is 22.7. The van der Waals surface area contributed by atoms with Crippen LogP contribution < -0.4 is 0 Å². The van der Waals surface area contributed by atoms with E-state index in [1.165, 1.54) is 0 Å². The molecule has 3 aromatic rings. The summed E-state index contributed by atoms with van der Waals surface area (Å²) in [6, 6.07) is 5.81. The van der Waals surface area contributed by atoms with Crippen LogP contribution in [0.5, 0.6) is 0 Å². The largest absolute Gasteiger partial charge is 0.370 e. The summed E-state index contributed by atoms with van der Waals surface area (Å²) in [5.41, 5.74) is 2.55. The zero-order valence-corrected chi connectivity index (χ0v) is 14.6. The number of piperidine rings is 1. The van der Waals surface area contributed by atoms with Crippen LogP contribution in [0.2, 0.25) is 0 Å². The van der Waals surface area contributed by atoms with Gasteiger partial charge in [-0.3, -0.25) is 4.79 Å². The van der Waals surface area contributed by atoms with Gasteiger partial charge in [0.15, 0.2) is 0 Å². The number of ether oxygens (including phenoxy) is 1. The summed E-state index contributed by atoms with van der Waals surface area (Å²) in [7, 11) is 0. The van der Waals surface area contributed by atoms with Crippen molar-refractivity contribution in [3.63, 3.8) is 0 Å². The third kappa shape index (κ3) is 2.44. The van der Waals surface area contributed by atoms with E-state index in [0.29, 0.717) is 25.3 Å². The van der Waals surface area contributed by atoms with Crippen molar-refractivity contribution in [3.05, 3.63) is 40.7 Å². The van der Waals surface area contributed by atoms with E-state index in [0.717, 1.165) is 27.3 Å². The van der Waals surface area contributed by atoms with E-state index in [9.17, 15) is 4.79 Å². The first-order valence-electron chi connectivity index (χ1n) is 8.36. The van der Waals surface area contributed by atoms with Crippen LogP contribution in [0, 0.1) is 6.92 Å². The van der Waals surface area contributed by atoms with Crippen LogP contribution in [0.1, 0.15) is 33.5 Å². The van der Waals surface area contributed by atoms with Crippen molar-refractivity contribution in [2.45, 2.75) is 32.1 Å². The lowest BCUT2D eigenvalue weighted by Gasteiger charge is -2.41. The Labute approximate surface area is 148 Å². The Bertz CT molecular complexity index is 965. The third-order valence-corrected chi connectivity index (χ3v) is 5.91. The average Bonchev–Trinajstić information content (AvgIpc) is 3.25. The number of hydrogen-bond donors (Lipinski definition) is 0. The second-order valence-corrected chi connectivity index (χ2v) is 7.78. The van der Waals surface area contributed by atoms with Gasteiger partial charge in [-0.1, -0.05) is 5.21 Å². The molecule has 1 saturated heterocycles. The Morgan fingerprint density at radius 3 is 3.24 bits per heavy atom. The summed E-state index contributed by atoms with van der Waals surface area (Å²) in [6.07, 6.45) is 2.64. The Morgan fingerprint density at radius 2 is 2.32 bits per heavy atom. The number of rotatable bonds is 1. The summed E-state index contributed by atoms with van der Waals surface area (Å²) in [4.78, 5) is 19.4. The number of carbonyl (C=O) groups is 1. The number of fused-ring (bicyclic) bond motifs is 4. The summed E-state index contributed by atoms with van der Waals surface area (Å²) >= 11 is 1.65. The Kier molecular flexibility index (Phi) is 3.36. The van der Waals surface area contributed by atoms with E-state index >= 15 is 0 Å². The lowest BCUT2D eigenvalue weighted by molar-refractivity contribution is -0.0605. The Morgan fingerprint density at radius 1 is 1.40 bits per heavy atom. The smallest absolute Gasteiger partial charge is 0.254 e. The molecule has 0 spiro atoms. The lowest BCUT2D eigenvalue weighted by atomic mass is 9.99. The van der Waals surface area contributed by atoms with E-state index in [-0.39, 0.29) is 18.1 Å². The predicted octanol–water partition coefficient (Wildman–Crippen LogP) is 2.18. The van der Waals surface area contributed by atoms with Gasteiger partial charge >= 0.3 is 0 Å². The molecule has 4 heterocycles. The summed E-state index contributed by atoms with van der Waals surface area (Å²) < 4.78 is 8.94. The zero-order valence-electron chi connectivity index (χ0n) is 13.8. The maximum absolute atomic E-state index is 13.0. The van der Waals surface area contributed by atoms with Crippen molar-refractivity contribution in [1.82, 2.24) is 24.9 Å². The van der Waals surface area contributed by atoms with E-state index in [1.807, 2.05) is 34.7 Å². The van der Waals surface area contributed by atoms with Crippen molar-refractivity contribution in [3.8, 4) is 0 Å². The van der Waals surface area contributed by atoms with E-state index in [1.54, 1.807) is 17.5 Å². The highest BCUT2D eigenvalue weighted by atomic mass is 32.1. The fraction of sp³-hybridized carbons (Fsp3) is 0.412. The second kappa shape index (κ2) is 5.60. The molecule has 7 nitrogen and oxygen atoms in total. The molecule has 2 aromatic heterocycles. The molecule has 0 unspecified atom stereocenters. The quantitative estimate of drug-likeness (QED) is 0.669. The predicted molar refractivity (Wildman–Crippen MR) is 92.5 cm³/mol. The molecular weight excluding hydrogens is 338 g/mol. The van der Waals surface area contributed by atoms with Crippen LogP contribution >= 0.6 is 11.3 Å². The molecule has 0 aliphatic carbocycles. The number of amides is 1. The van der Waals surface area contributed by atoms with Gasteiger partial charge < -0.3 is 9.64 Å². The minimum Gasteiger partial charge on any atom is -0.370 e. The van der Waals surface area contributed by atoms with Crippen LogP contribution in [-0.2, 0) is 11.3 Å². The highest BCUT2D eigenvalue weighted by molar-refractivity contribution is 7.18. The van der Waals surface area contributed by atoms with E-state index in [2.05, 4.69) is 15.3 Å². The first-order valence-corrected chi connectivity index (χ1v) is 9.18. The van der Waals surface area contributed by atoms with Crippen LogP contribution in [0.4, 0.5) is 0 Å². The van der Waals surface area contributed by atoms with Crippen molar-refractivity contribution < 1.29 is 9.53 Å². The SMILES string of the molecule is Cc1nc2cc(C(=O)N3CC[C@@H]4OCc5cnnn5[C@H]4C3)ccc2s1. The van der Waals surface area contributed by atoms with Gasteiger partial charge in [-0.2, -0.15) is 0 Å². The van der Waals surface area contributed by atoms with Gasteiger partial charge in [-0.15, -0.1) is 16.4 Å². The van der Waals surface area contributed by atoms with Gasteiger partial charge in [0.1, 0.15) is 0 Å². The standard InChI is InChI=1S/C17H17N5O2S/c1-10-19-13-6-11(2-3-16(13)25-10)17(23)21-5-4-15-14(8-21)22-12(9-24-15)7-18-20-22/h2-3,6-7,14-15H,4-5,8-9H2,1H3/t14-,15-/m0/s1. The molecule has 25 heavy (non-hydrogen) atoms. The van der Waals surface area contributed by atoms with Crippen LogP contribution in [0.3, 0.4) is 0 Å². The summed E-state index contributed by atoms with van der Waals surface area (Å²) in [5, 5.41) is 9.19. The van der Waals surface area contributed by atoms with Gasteiger partial charge in [-0.05, 0) is 31.5 Å². The Hall–Kier alpha value is -2.32. The monoisotopic (exact) mass is 355 g/mol. The zero-order chi connectivity index (χ0) is 17.0. The Balaban J connectivity index is 1.42. The van der Waals surface area contributed by atoms with Gasteiger partial charge in [0.05, 0.1) is 45.9 Å². The molecule has 1 fully saturated rings. The molecule has 8 heteroatoms. The average molecular weight is 355 g/mol.